The first-order chi connectivity index (χ1) is 14.1. The number of nitrogens with one attached hydrogen (secondary N) is 1. The number of halogens is 1. The molecule has 0 spiro atoms. The van der Waals surface area contributed by atoms with Gasteiger partial charge in [0.15, 0.2) is 17.7 Å². The summed E-state index contributed by atoms with van der Waals surface area (Å²) >= 11 is 0. The van der Waals surface area contributed by atoms with Gasteiger partial charge in [-0.15, -0.1) is 0 Å². The molecule has 7 nitrogen and oxygen atoms in total. The zero-order chi connectivity index (χ0) is 20.2. The fourth-order valence-electron chi connectivity index (χ4n) is 3.60. The van der Waals surface area contributed by atoms with Gasteiger partial charge in [0.05, 0.1) is 18.9 Å². The normalized spacial score (nSPS) is 18.1. The zero-order valence-electron chi connectivity index (χ0n) is 16.4. The second-order valence-corrected chi connectivity index (χ2v) is 7.40. The zero-order valence-corrected chi connectivity index (χ0v) is 16.4. The topological polar surface area (TPSA) is 76.6 Å². The van der Waals surface area contributed by atoms with E-state index in [-0.39, 0.29) is 17.7 Å². The van der Waals surface area contributed by atoms with E-state index in [1.165, 1.54) is 12.1 Å². The average molecular weight is 400 g/mol. The van der Waals surface area contributed by atoms with Crippen LogP contribution in [0.25, 0.3) is 0 Å². The fraction of sp³-hybridized carbons (Fsp3) is 0.476. The molecule has 0 saturated carbocycles. The quantitative estimate of drug-likeness (QED) is 0.830. The molecular formula is C21H25FN4O3. The molecule has 0 radical (unpaired) electrons. The molecule has 0 bridgehead atoms. The Morgan fingerprint density at radius 3 is 2.93 bits per heavy atom. The molecule has 1 atom stereocenters. The standard InChI is InChI=1S/C21H25FN4O3/c1-14(29-19-5-3-2-4-17(19)22)20(27)24-16-6-9-26(10-7-16)21-23-12-15-13-28-11-8-18(15)25-21/h2-5,12,14,16H,6-11,13H2,1H3,(H,24,27)/t14-/m1/s1. The monoisotopic (exact) mass is 400 g/mol. The Bertz CT molecular complexity index is 871. The van der Waals surface area contributed by atoms with E-state index in [2.05, 4.69) is 15.2 Å². The first-order valence-corrected chi connectivity index (χ1v) is 9.99. The van der Waals surface area contributed by atoms with Crippen molar-refractivity contribution in [1.29, 1.82) is 0 Å². The molecule has 4 rings (SSSR count). The second-order valence-electron chi connectivity index (χ2n) is 7.40. The van der Waals surface area contributed by atoms with E-state index < -0.39 is 11.9 Å². The number of fused-ring (bicyclic) bond motifs is 1. The molecular weight excluding hydrogens is 375 g/mol. The predicted molar refractivity (Wildman–Crippen MR) is 105 cm³/mol. The van der Waals surface area contributed by atoms with Crippen LogP contribution in [0.15, 0.2) is 30.5 Å². The van der Waals surface area contributed by atoms with Crippen molar-refractivity contribution in [3.63, 3.8) is 0 Å². The van der Waals surface area contributed by atoms with Gasteiger partial charge in [-0.25, -0.2) is 14.4 Å². The lowest BCUT2D eigenvalue weighted by Gasteiger charge is -2.33. The number of benzene rings is 1. The Morgan fingerprint density at radius 2 is 2.14 bits per heavy atom. The van der Waals surface area contributed by atoms with Gasteiger partial charge in [0.1, 0.15) is 0 Å². The molecule has 2 aliphatic rings. The Morgan fingerprint density at radius 1 is 1.34 bits per heavy atom. The molecule has 3 heterocycles. The number of carbonyl (C=O) groups excluding carboxylic acids is 1. The van der Waals surface area contributed by atoms with E-state index in [4.69, 9.17) is 14.5 Å². The lowest BCUT2D eigenvalue weighted by Crippen LogP contribution is -2.48. The van der Waals surface area contributed by atoms with E-state index in [9.17, 15) is 9.18 Å². The second kappa shape index (κ2) is 8.73. The van der Waals surface area contributed by atoms with Crippen LogP contribution in [-0.2, 0) is 22.6 Å². The summed E-state index contributed by atoms with van der Waals surface area (Å²) in [5.74, 6) is 0.111. The molecule has 1 fully saturated rings. The third kappa shape index (κ3) is 4.64. The minimum Gasteiger partial charge on any atom is -0.478 e. The SMILES string of the molecule is C[C@@H](Oc1ccccc1F)C(=O)NC1CCN(c2ncc3c(n2)CCOC3)CC1. The van der Waals surface area contributed by atoms with Gasteiger partial charge in [0.25, 0.3) is 5.91 Å². The van der Waals surface area contributed by atoms with Gasteiger partial charge in [0, 0.05) is 37.3 Å². The molecule has 1 aromatic carbocycles. The Kier molecular flexibility index (Phi) is 5.89. The summed E-state index contributed by atoms with van der Waals surface area (Å²) in [6, 6.07) is 6.14. The molecule has 1 N–H and O–H groups in total. The minimum atomic E-state index is -0.767. The van der Waals surface area contributed by atoms with Crippen molar-refractivity contribution < 1.29 is 18.7 Å². The van der Waals surface area contributed by atoms with Gasteiger partial charge in [-0.05, 0) is 31.9 Å². The number of carbonyl (C=O) groups is 1. The molecule has 29 heavy (non-hydrogen) atoms. The molecule has 1 saturated heterocycles. The van der Waals surface area contributed by atoms with Crippen molar-refractivity contribution in [1.82, 2.24) is 15.3 Å². The van der Waals surface area contributed by atoms with Crippen LogP contribution < -0.4 is 15.0 Å². The number of piperidine rings is 1. The maximum absolute atomic E-state index is 13.7. The highest BCUT2D eigenvalue weighted by atomic mass is 19.1. The maximum Gasteiger partial charge on any atom is 0.260 e. The number of aromatic nitrogens is 2. The molecule has 8 heteroatoms. The summed E-state index contributed by atoms with van der Waals surface area (Å²) in [5.41, 5.74) is 2.13. The first-order valence-electron chi connectivity index (χ1n) is 9.99. The summed E-state index contributed by atoms with van der Waals surface area (Å²) in [4.78, 5) is 23.8. The van der Waals surface area contributed by atoms with Crippen LogP contribution in [0, 0.1) is 5.82 Å². The van der Waals surface area contributed by atoms with Gasteiger partial charge in [-0.3, -0.25) is 4.79 Å². The minimum absolute atomic E-state index is 0.0523. The highest BCUT2D eigenvalue weighted by Crippen LogP contribution is 2.21. The third-order valence-corrected chi connectivity index (χ3v) is 5.32. The van der Waals surface area contributed by atoms with Crippen molar-refractivity contribution in [2.75, 3.05) is 24.6 Å². The Balaban J connectivity index is 1.28. The highest BCUT2D eigenvalue weighted by Gasteiger charge is 2.25. The summed E-state index contributed by atoms with van der Waals surface area (Å²) in [6.45, 7) is 4.44. The van der Waals surface area contributed by atoms with Crippen molar-refractivity contribution >= 4 is 11.9 Å². The largest absolute Gasteiger partial charge is 0.478 e. The maximum atomic E-state index is 13.7. The smallest absolute Gasteiger partial charge is 0.260 e. The lowest BCUT2D eigenvalue weighted by atomic mass is 10.0. The summed E-state index contributed by atoms with van der Waals surface area (Å²) in [7, 11) is 0. The van der Waals surface area contributed by atoms with Crippen LogP contribution in [-0.4, -0.2) is 47.7 Å². The number of amides is 1. The van der Waals surface area contributed by atoms with Gasteiger partial charge in [0.2, 0.25) is 5.95 Å². The molecule has 2 aromatic rings. The van der Waals surface area contributed by atoms with Crippen LogP contribution in [0.4, 0.5) is 10.3 Å². The number of ether oxygens (including phenoxy) is 2. The van der Waals surface area contributed by atoms with Crippen LogP contribution >= 0.6 is 0 Å². The van der Waals surface area contributed by atoms with Crippen LogP contribution in [0.1, 0.15) is 31.0 Å². The molecule has 0 aliphatic carbocycles. The number of hydrogen-bond acceptors (Lipinski definition) is 6. The Labute approximate surface area is 169 Å². The van der Waals surface area contributed by atoms with Crippen molar-refractivity contribution in [3.05, 3.63) is 47.5 Å². The number of para-hydroxylation sites is 1. The average Bonchev–Trinajstić information content (AvgIpc) is 2.75. The molecule has 2 aliphatic heterocycles. The Hall–Kier alpha value is -2.74. The summed E-state index contributed by atoms with van der Waals surface area (Å²) < 4.78 is 24.6. The third-order valence-electron chi connectivity index (χ3n) is 5.32. The summed E-state index contributed by atoms with van der Waals surface area (Å²) in [5, 5.41) is 3.01. The van der Waals surface area contributed by atoms with E-state index in [1.54, 1.807) is 19.1 Å². The van der Waals surface area contributed by atoms with Crippen LogP contribution in [0.5, 0.6) is 5.75 Å². The highest BCUT2D eigenvalue weighted by molar-refractivity contribution is 5.81. The number of anilines is 1. The molecule has 0 unspecified atom stereocenters. The predicted octanol–water partition coefficient (Wildman–Crippen LogP) is 2.24. The molecule has 1 aromatic heterocycles. The molecule has 154 valence electrons. The van der Waals surface area contributed by atoms with Gasteiger partial charge in [-0.1, -0.05) is 12.1 Å². The van der Waals surface area contributed by atoms with E-state index in [0.717, 1.165) is 49.6 Å². The van der Waals surface area contributed by atoms with Crippen molar-refractivity contribution in [2.24, 2.45) is 0 Å². The lowest BCUT2D eigenvalue weighted by molar-refractivity contribution is -0.128. The number of hydrogen-bond donors (Lipinski definition) is 1. The van der Waals surface area contributed by atoms with Crippen molar-refractivity contribution in [3.8, 4) is 5.75 Å². The summed E-state index contributed by atoms with van der Waals surface area (Å²) in [6.07, 6.45) is 3.49. The van der Waals surface area contributed by atoms with Crippen LogP contribution in [0.2, 0.25) is 0 Å². The van der Waals surface area contributed by atoms with Crippen LogP contribution in [0.3, 0.4) is 0 Å². The van der Waals surface area contributed by atoms with Gasteiger partial charge in [-0.2, -0.15) is 0 Å². The first kappa shape index (κ1) is 19.6. The van der Waals surface area contributed by atoms with Crippen molar-refractivity contribution in [2.45, 2.75) is 44.9 Å². The van der Waals surface area contributed by atoms with E-state index >= 15 is 0 Å². The van der Waals surface area contributed by atoms with Gasteiger partial charge < -0.3 is 19.7 Å². The van der Waals surface area contributed by atoms with E-state index in [0.29, 0.717) is 13.2 Å². The molecule has 1 amide bonds. The van der Waals surface area contributed by atoms with E-state index in [1.807, 2.05) is 6.20 Å². The number of nitrogens with zero attached hydrogens (tertiary/aromatic N) is 3. The fourth-order valence-corrected chi connectivity index (χ4v) is 3.60. The van der Waals surface area contributed by atoms with Gasteiger partial charge >= 0.3 is 0 Å². The number of rotatable bonds is 5.